The zero-order chi connectivity index (χ0) is 20.2. The van der Waals surface area contributed by atoms with Gasteiger partial charge in [-0.25, -0.2) is 8.42 Å². The standard InChI is InChI=1S/C16H16F3N3O4S/c1-3-7-20-15(23)10(2)27(24,25)9-13-21-14(22-26-13)11-5-4-6-12(8-11)16(17,18)19/h3-6,8,10H,1,7,9H2,2H3,(H,20,23). The van der Waals surface area contributed by atoms with Gasteiger partial charge in [0.1, 0.15) is 11.0 Å². The highest BCUT2D eigenvalue weighted by Crippen LogP contribution is 2.31. The number of halogens is 3. The van der Waals surface area contributed by atoms with Gasteiger partial charge in [0.25, 0.3) is 0 Å². The quantitative estimate of drug-likeness (QED) is 0.712. The van der Waals surface area contributed by atoms with Crippen LogP contribution < -0.4 is 5.32 Å². The van der Waals surface area contributed by atoms with Gasteiger partial charge in [-0.3, -0.25) is 4.79 Å². The third-order valence-electron chi connectivity index (χ3n) is 3.57. The van der Waals surface area contributed by atoms with E-state index in [4.69, 9.17) is 4.52 Å². The van der Waals surface area contributed by atoms with Gasteiger partial charge < -0.3 is 9.84 Å². The molecule has 1 aromatic carbocycles. The van der Waals surface area contributed by atoms with Crippen molar-refractivity contribution < 1.29 is 30.9 Å². The Labute approximate surface area is 153 Å². The summed E-state index contributed by atoms with van der Waals surface area (Å²) in [5.74, 6) is -1.95. The Kier molecular flexibility index (Phi) is 6.04. The Morgan fingerprint density at radius 3 is 2.74 bits per heavy atom. The molecule has 11 heteroatoms. The number of hydrogen-bond donors (Lipinski definition) is 1. The molecule has 0 saturated carbocycles. The number of nitrogens with zero attached hydrogens (tertiary/aromatic N) is 2. The molecule has 0 radical (unpaired) electrons. The summed E-state index contributed by atoms with van der Waals surface area (Å²) in [5.41, 5.74) is -0.875. The van der Waals surface area contributed by atoms with Gasteiger partial charge in [-0.2, -0.15) is 18.2 Å². The van der Waals surface area contributed by atoms with Crippen LogP contribution in [-0.2, 0) is 26.6 Å². The zero-order valence-electron chi connectivity index (χ0n) is 14.2. The van der Waals surface area contributed by atoms with E-state index < -0.39 is 38.5 Å². The van der Waals surface area contributed by atoms with Crippen LogP contribution in [0.4, 0.5) is 13.2 Å². The molecule has 2 aromatic rings. The molecule has 0 bridgehead atoms. The van der Waals surface area contributed by atoms with E-state index in [0.717, 1.165) is 12.1 Å². The molecule has 7 nitrogen and oxygen atoms in total. The molecule has 0 saturated heterocycles. The number of alkyl halides is 3. The molecule has 0 fully saturated rings. The molecule has 1 N–H and O–H groups in total. The van der Waals surface area contributed by atoms with Crippen molar-refractivity contribution >= 4 is 15.7 Å². The lowest BCUT2D eigenvalue weighted by atomic mass is 10.1. The predicted molar refractivity (Wildman–Crippen MR) is 90.0 cm³/mol. The second kappa shape index (κ2) is 7.91. The molecule has 0 aliphatic rings. The number of nitrogens with one attached hydrogen (secondary N) is 1. The Hall–Kier alpha value is -2.69. The lowest BCUT2D eigenvalue weighted by Gasteiger charge is -2.10. The minimum absolute atomic E-state index is 0.0222. The number of aromatic nitrogens is 2. The maximum atomic E-state index is 12.8. The Morgan fingerprint density at radius 2 is 2.11 bits per heavy atom. The van der Waals surface area contributed by atoms with E-state index in [1.807, 2.05) is 0 Å². The molecule has 1 aromatic heterocycles. The van der Waals surface area contributed by atoms with Crippen molar-refractivity contribution in [3.63, 3.8) is 0 Å². The first-order valence-corrected chi connectivity index (χ1v) is 9.36. The van der Waals surface area contributed by atoms with E-state index in [0.29, 0.717) is 0 Å². The Balaban J connectivity index is 2.18. The second-order valence-corrected chi connectivity index (χ2v) is 7.90. The minimum Gasteiger partial charge on any atom is -0.352 e. The van der Waals surface area contributed by atoms with Crippen molar-refractivity contribution in [1.82, 2.24) is 15.5 Å². The molecular weight excluding hydrogens is 387 g/mol. The molecule has 1 atom stereocenters. The number of carbonyl (C=O) groups is 1. The predicted octanol–water partition coefficient (Wildman–Crippen LogP) is 2.36. The van der Waals surface area contributed by atoms with E-state index in [1.54, 1.807) is 0 Å². The molecule has 146 valence electrons. The maximum Gasteiger partial charge on any atom is 0.416 e. The monoisotopic (exact) mass is 403 g/mol. The highest BCUT2D eigenvalue weighted by Gasteiger charge is 2.32. The number of benzene rings is 1. The highest BCUT2D eigenvalue weighted by molar-refractivity contribution is 7.92. The minimum atomic E-state index is -4.54. The lowest BCUT2D eigenvalue weighted by molar-refractivity contribution is -0.137. The third-order valence-corrected chi connectivity index (χ3v) is 5.51. The van der Waals surface area contributed by atoms with E-state index >= 15 is 0 Å². The van der Waals surface area contributed by atoms with Crippen LogP contribution >= 0.6 is 0 Å². The molecular formula is C16H16F3N3O4S. The molecule has 0 aliphatic carbocycles. The van der Waals surface area contributed by atoms with Crippen LogP contribution in [0.5, 0.6) is 0 Å². The third kappa shape index (κ3) is 5.16. The topological polar surface area (TPSA) is 102 Å². The summed E-state index contributed by atoms with van der Waals surface area (Å²) in [6, 6.07) is 4.23. The first kappa shape index (κ1) is 20.6. The summed E-state index contributed by atoms with van der Waals surface area (Å²) >= 11 is 0. The SMILES string of the molecule is C=CCNC(=O)C(C)S(=O)(=O)Cc1nc(-c2cccc(C(F)(F)F)c2)no1. The fraction of sp³-hybridized carbons (Fsp3) is 0.312. The highest BCUT2D eigenvalue weighted by atomic mass is 32.2. The van der Waals surface area contributed by atoms with Gasteiger partial charge in [-0.05, 0) is 19.1 Å². The molecule has 0 aliphatic heterocycles. The normalized spacial score (nSPS) is 13.2. The summed E-state index contributed by atoms with van der Waals surface area (Å²) in [6.07, 6.45) is -3.14. The van der Waals surface area contributed by atoms with Crippen LogP contribution in [-0.4, -0.2) is 36.3 Å². The van der Waals surface area contributed by atoms with Gasteiger partial charge >= 0.3 is 6.18 Å². The van der Waals surface area contributed by atoms with Crippen molar-refractivity contribution in [3.05, 3.63) is 48.4 Å². The van der Waals surface area contributed by atoms with Crippen LogP contribution in [0.1, 0.15) is 18.4 Å². The van der Waals surface area contributed by atoms with Crippen molar-refractivity contribution in [1.29, 1.82) is 0 Å². The molecule has 2 rings (SSSR count). The zero-order valence-corrected chi connectivity index (χ0v) is 15.0. The first-order valence-electron chi connectivity index (χ1n) is 7.65. The van der Waals surface area contributed by atoms with E-state index in [-0.39, 0.29) is 23.8 Å². The fourth-order valence-electron chi connectivity index (χ4n) is 2.04. The van der Waals surface area contributed by atoms with Gasteiger partial charge in [-0.15, -0.1) is 6.58 Å². The molecule has 0 spiro atoms. The van der Waals surface area contributed by atoms with E-state index in [2.05, 4.69) is 22.0 Å². The van der Waals surface area contributed by atoms with Crippen molar-refractivity contribution in [2.24, 2.45) is 0 Å². The number of sulfone groups is 1. The van der Waals surface area contributed by atoms with E-state index in [9.17, 15) is 26.4 Å². The van der Waals surface area contributed by atoms with Gasteiger partial charge in [0, 0.05) is 12.1 Å². The molecule has 1 unspecified atom stereocenters. The van der Waals surface area contributed by atoms with Crippen molar-refractivity contribution in [2.75, 3.05) is 6.54 Å². The number of amides is 1. The number of hydrogen-bond acceptors (Lipinski definition) is 6. The maximum absolute atomic E-state index is 12.8. The van der Waals surface area contributed by atoms with Crippen LogP contribution in [0.25, 0.3) is 11.4 Å². The van der Waals surface area contributed by atoms with E-state index in [1.165, 1.54) is 25.1 Å². The second-order valence-electron chi connectivity index (χ2n) is 5.57. The first-order chi connectivity index (χ1) is 12.5. The van der Waals surface area contributed by atoms with Crippen molar-refractivity contribution in [3.8, 4) is 11.4 Å². The summed E-state index contributed by atoms with van der Waals surface area (Å²) in [7, 11) is -3.97. The fourth-order valence-corrected chi connectivity index (χ4v) is 3.16. The molecule has 27 heavy (non-hydrogen) atoms. The van der Waals surface area contributed by atoms with Crippen molar-refractivity contribution in [2.45, 2.75) is 24.1 Å². The van der Waals surface area contributed by atoms with Gasteiger partial charge in [-0.1, -0.05) is 23.4 Å². The summed E-state index contributed by atoms with van der Waals surface area (Å²) in [6.45, 7) is 4.72. The molecule has 1 amide bonds. The summed E-state index contributed by atoms with van der Waals surface area (Å²) < 4.78 is 67.7. The van der Waals surface area contributed by atoms with Crippen LogP contribution in [0.2, 0.25) is 0 Å². The van der Waals surface area contributed by atoms with Crippen LogP contribution in [0.3, 0.4) is 0 Å². The summed E-state index contributed by atoms with van der Waals surface area (Å²) in [4.78, 5) is 15.6. The van der Waals surface area contributed by atoms with Crippen LogP contribution in [0.15, 0.2) is 41.4 Å². The number of carbonyl (C=O) groups excluding carboxylic acids is 1. The Morgan fingerprint density at radius 1 is 1.41 bits per heavy atom. The van der Waals surface area contributed by atoms with Gasteiger partial charge in [0.15, 0.2) is 9.84 Å². The lowest BCUT2D eigenvalue weighted by Crippen LogP contribution is -2.38. The van der Waals surface area contributed by atoms with Gasteiger partial charge in [0.05, 0.1) is 5.56 Å². The largest absolute Gasteiger partial charge is 0.416 e. The van der Waals surface area contributed by atoms with Gasteiger partial charge in [0.2, 0.25) is 17.6 Å². The average Bonchev–Trinajstić information content (AvgIpc) is 3.06. The van der Waals surface area contributed by atoms with Crippen LogP contribution in [0, 0.1) is 0 Å². The average molecular weight is 403 g/mol. The Bertz CT molecular complexity index is 938. The molecule has 1 heterocycles. The smallest absolute Gasteiger partial charge is 0.352 e. The summed E-state index contributed by atoms with van der Waals surface area (Å²) in [5, 5.41) is 4.51. The number of rotatable bonds is 7.